The van der Waals surface area contributed by atoms with Gasteiger partial charge >= 0.3 is 0 Å². The molecule has 0 aliphatic carbocycles. The zero-order valence-electron chi connectivity index (χ0n) is 11.0. The monoisotopic (exact) mass is 326 g/mol. The maximum atomic E-state index is 13.2. The topological polar surface area (TPSA) is 15.3 Å². The van der Waals surface area contributed by atoms with E-state index in [4.69, 9.17) is 0 Å². The van der Waals surface area contributed by atoms with Gasteiger partial charge in [0.2, 0.25) is 0 Å². The van der Waals surface area contributed by atoms with Gasteiger partial charge in [-0.1, -0.05) is 28.1 Å². The van der Waals surface area contributed by atoms with Crippen molar-refractivity contribution in [2.45, 2.75) is 18.9 Å². The molecule has 1 aliphatic heterocycles. The van der Waals surface area contributed by atoms with Crippen molar-refractivity contribution in [1.29, 1.82) is 0 Å². The number of hydrogen-bond donors (Lipinski definition) is 1. The highest BCUT2D eigenvalue weighted by Gasteiger charge is 2.23. The molecule has 1 aliphatic rings. The Balaban J connectivity index is 2.22. The van der Waals surface area contributed by atoms with Crippen LogP contribution < -0.4 is 5.32 Å². The second-order valence-corrected chi connectivity index (χ2v) is 5.69. The third kappa shape index (κ3) is 3.88. The molecule has 4 heteroatoms. The summed E-state index contributed by atoms with van der Waals surface area (Å²) in [5.74, 6) is -0.196. The fraction of sp³-hybridized carbons (Fsp3) is 0.467. The van der Waals surface area contributed by atoms with Crippen molar-refractivity contribution in [2.75, 3.05) is 26.2 Å². The number of hydrogen-bond acceptors (Lipinski definition) is 2. The Hall–Kier alpha value is -0.710. The Morgan fingerprint density at radius 3 is 2.79 bits per heavy atom. The van der Waals surface area contributed by atoms with Gasteiger partial charge in [-0.05, 0) is 30.5 Å². The third-order valence-corrected chi connectivity index (χ3v) is 4.24. The summed E-state index contributed by atoms with van der Waals surface area (Å²) in [7, 11) is 0. The lowest BCUT2D eigenvalue weighted by atomic mass is 9.99. The second kappa shape index (κ2) is 7.17. The van der Waals surface area contributed by atoms with Gasteiger partial charge in [-0.3, -0.25) is 4.90 Å². The highest BCUT2D eigenvalue weighted by atomic mass is 79.9. The van der Waals surface area contributed by atoms with E-state index in [-0.39, 0.29) is 5.82 Å². The molecule has 0 saturated carbocycles. The van der Waals surface area contributed by atoms with Gasteiger partial charge in [-0.15, -0.1) is 6.58 Å². The minimum Gasteiger partial charge on any atom is -0.314 e. The van der Waals surface area contributed by atoms with Crippen LogP contribution in [0.3, 0.4) is 0 Å². The highest BCUT2D eigenvalue weighted by Crippen LogP contribution is 2.32. The molecule has 1 atom stereocenters. The summed E-state index contributed by atoms with van der Waals surface area (Å²) in [6.45, 7) is 7.91. The van der Waals surface area contributed by atoms with Crippen LogP contribution >= 0.6 is 15.9 Å². The molecule has 0 bridgehead atoms. The molecule has 1 saturated heterocycles. The molecule has 1 aromatic carbocycles. The summed E-state index contributed by atoms with van der Waals surface area (Å²) >= 11 is 3.50. The lowest BCUT2D eigenvalue weighted by molar-refractivity contribution is 0.165. The molecule has 0 unspecified atom stereocenters. The summed E-state index contributed by atoms with van der Waals surface area (Å²) in [6.07, 6.45) is 3.94. The van der Waals surface area contributed by atoms with Gasteiger partial charge in [0.1, 0.15) is 5.82 Å². The third-order valence-electron chi connectivity index (χ3n) is 3.56. The SMILES string of the molecule is C=CCC[C@@H](c1ccc(F)cc1Br)N1CCNCC1. The summed E-state index contributed by atoms with van der Waals surface area (Å²) in [4.78, 5) is 2.47. The zero-order chi connectivity index (χ0) is 13.7. The van der Waals surface area contributed by atoms with Crippen LogP contribution in [-0.2, 0) is 0 Å². The molecule has 0 aromatic heterocycles. The van der Waals surface area contributed by atoms with E-state index in [0.29, 0.717) is 6.04 Å². The van der Waals surface area contributed by atoms with Crippen molar-refractivity contribution in [1.82, 2.24) is 10.2 Å². The van der Waals surface area contributed by atoms with E-state index < -0.39 is 0 Å². The minimum absolute atomic E-state index is 0.196. The first kappa shape index (κ1) is 14.7. The van der Waals surface area contributed by atoms with E-state index in [9.17, 15) is 4.39 Å². The molecule has 1 fully saturated rings. The number of rotatable bonds is 5. The van der Waals surface area contributed by atoms with E-state index in [1.807, 2.05) is 12.1 Å². The number of allylic oxidation sites excluding steroid dienone is 1. The van der Waals surface area contributed by atoms with Gasteiger partial charge < -0.3 is 5.32 Å². The smallest absolute Gasteiger partial charge is 0.124 e. The van der Waals surface area contributed by atoms with Crippen LogP contribution in [0.2, 0.25) is 0 Å². The number of nitrogens with zero attached hydrogens (tertiary/aromatic N) is 1. The average molecular weight is 327 g/mol. The summed E-state index contributed by atoms with van der Waals surface area (Å²) in [6, 6.07) is 5.33. The largest absolute Gasteiger partial charge is 0.314 e. The molecule has 1 N–H and O–H groups in total. The first-order valence-electron chi connectivity index (χ1n) is 6.73. The first-order chi connectivity index (χ1) is 9.22. The predicted octanol–water partition coefficient (Wildman–Crippen LogP) is 3.50. The molecule has 0 radical (unpaired) electrons. The van der Waals surface area contributed by atoms with Gasteiger partial charge in [-0.2, -0.15) is 0 Å². The Labute approximate surface area is 122 Å². The van der Waals surface area contributed by atoms with Crippen molar-refractivity contribution >= 4 is 15.9 Å². The van der Waals surface area contributed by atoms with E-state index in [1.165, 1.54) is 5.56 Å². The minimum atomic E-state index is -0.196. The molecule has 0 spiro atoms. The second-order valence-electron chi connectivity index (χ2n) is 4.83. The number of piperazine rings is 1. The van der Waals surface area contributed by atoms with Crippen molar-refractivity contribution < 1.29 is 4.39 Å². The average Bonchev–Trinajstić information content (AvgIpc) is 2.42. The Kier molecular flexibility index (Phi) is 5.55. The van der Waals surface area contributed by atoms with Crippen LogP contribution in [-0.4, -0.2) is 31.1 Å². The molecular weight excluding hydrogens is 307 g/mol. The van der Waals surface area contributed by atoms with Gasteiger partial charge in [0.05, 0.1) is 0 Å². The Morgan fingerprint density at radius 2 is 2.16 bits per heavy atom. The van der Waals surface area contributed by atoms with E-state index in [1.54, 1.807) is 12.1 Å². The van der Waals surface area contributed by atoms with E-state index in [0.717, 1.165) is 43.5 Å². The van der Waals surface area contributed by atoms with Gasteiger partial charge in [0.15, 0.2) is 0 Å². The molecule has 2 rings (SSSR count). The quantitative estimate of drug-likeness (QED) is 0.833. The number of nitrogens with one attached hydrogen (secondary N) is 1. The van der Waals surface area contributed by atoms with Crippen LogP contribution in [0.4, 0.5) is 4.39 Å². The molecule has 1 aromatic rings. The maximum Gasteiger partial charge on any atom is 0.124 e. The lowest BCUT2D eigenvalue weighted by Gasteiger charge is -2.35. The van der Waals surface area contributed by atoms with E-state index in [2.05, 4.69) is 32.7 Å². The molecular formula is C15H20BrFN2. The maximum absolute atomic E-state index is 13.2. The number of benzene rings is 1. The van der Waals surface area contributed by atoms with E-state index >= 15 is 0 Å². The highest BCUT2D eigenvalue weighted by molar-refractivity contribution is 9.10. The predicted molar refractivity (Wildman–Crippen MR) is 80.7 cm³/mol. The Morgan fingerprint density at radius 1 is 1.42 bits per heavy atom. The van der Waals surface area contributed by atoms with Crippen LogP contribution in [0.25, 0.3) is 0 Å². The first-order valence-corrected chi connectivity index (χ1v) is 7.52. The van der Waals surface area contributed by atoms with Crippen LogP contribution in [0.5, 0.6) is 0 Å². The Bertz CT molecular complexity index is 430. The van der Waals surface area contributed by atoms with Crippen molar-refractivity contribution in [2.24, 2.45) is 0 Å². The molecule has 19 heavy (non-hydrogen) atoms. The van der Waals surface area contributed by atoms with Crippen LogP contribution in [0.1, 0.15) is 24.4 Å². The van der Waals surface area contributed by atoms with Gasteiger partial charge in [0.25, 0.3) is 0 Å². The molecule has 0 amide bonds. The van der Waals surface area contributed by atoms with Gasteiger partial charge in [0, 0.05) is 36.7 Å². The van der Waals surface area contributed by atoms with Gasteiger partial charge in [-0.25, -0.2) is 4.39 Å². The lowest BCUT2D eigenvalue weighted by Crippen LogP contribution is -2.45. The fourth-order valence-corrected chi connectivity index (χ4v) is 3.19. The standard InChI is InChI=1S/C15H20BrFN2/c1-2-3-4-15(19-9-7-18-8-10-19)13-6-5-12(17)11-14(13)16/h2,5-6,11,15,18H,1,3-4,7-10H2/t15-/m0/s1. The van der Waals surface area contributed by atoms with Crippen molar-refractivity contribution in [3.05, 3.63) is 46.7 Å². The normalized spacial score (nSPS) is 18.2. The summed E-state index contributed by atoms with van der Waals surface area (Å²) in [5, 5.41) is 3.37. The zero-order valence-corrected chi connectivity index (χ0v) is 12.6. The van der Waals surface area contributed by atoms with Crippen molar-refractivity contribution in [3.8, 4) is 0 Å². The van der Waals surface area contributed by atoms with Crippen LogP contribution in [0, 0.1) is 5.82 Å². The van der Waals surface area contributed by atoms with Crippen molar-refractivity contribution in [3.63, 3.8) is 0 Å². The molecule has 1 heterocycles. The molecule has 104 valence electrons. The summed E-state index contributed by atoms with van der Waals surface area (Å²) in [5.41, 5.74) is 1.17. The summed E-state index contributed by atoms with van der Waals surface area (Å²) < 4.78 is 14.1. The van der Waals surface area contributed by atoms with Crippen LogP contribution in [0.15, 0.2) is 35.3 Å². The fourth-order valence-electron chi connectivity index (χ4n) is 2.58. The molecule has 2 nitrogen and oxygen atoms in total. The number of halogens is 2.